The van der Waals surface area contributed by atoms with Crippen molar-refractivity contribution >= 4 is 50.2 Å². The van der Waals surface area contributed by atoms with Gasteiger partial charge in [0.2, 0.25) is 11.8 Å². The lowest BCUT2D eigenvalue weighted by molar-refractivity contribution is -0.142. The Morgan fingerprint density at radius 1 is 0.932 bits per heavy atom. The van der Waals surface area contributed by atoms with Crippen LogP contribution in [0.5, 0.6) is 0 Å². The smallest absolute Gasteiger partial charge is 0.326 e. The van der Waals surface area contributed by atoms with Gasteiger partial charge in [-0.1, -0.05) is 93.1 Å². The molecule has 0 saturated heterocycles. The summed E-state index contributed by atoms with van der Waals surface area (Å²) in [5.74, 6) is -1.13. The molecule has 3 N–H and O–H groups in total. The third kappa shape index (κ3) is 11.9. The number of rotatable bonds is 18. The van der Waals surface area contributed by atoms with Crippen LogP contribution in [0.2, 0.25) is 0 Å². The normalized spacial score (nSPS) is 13.7. The first-order valence-electron chi connectivity index (χ1n) is 14.7. The van der Waals surface area contributed by atoms with Crippen LogP contribution in [0, 0.1) is 5.92 Å². The van der Waals surface area contributed by atoms with Crippen LogP contribution in [0.4, 0.5) is 0 Å². The lowest BCUT2D eigenvalue weighted by atomic mass is 9.97. The molecule has 0 fully saturated rings. The average Bonchev–Trinajstić information content (AvgIpc) is 2.98. The number of carbonyl (C=O) groups excluding carboxylic acids is 2. The lowest BCUT2D eigenvalue weighted by Crippen LogP contribution is -2.51. The van der Waals surface area contributed by atoms with Crippen LogP contribution in [-0.2, 0) is 36.5 Å². The molecule has 3 aromatic rings. The van der Waals surface area contributed by atoms with Crippen molar-refractivity contribution < 1.29 is 27.9 Å². The Morgan fingerprint density at radius 3 is 2.30 bits per heavy atom. The second kappa shape index (κ2) is 17.2. The third-order valence-electron chi connectivity index (χ3n) is 7.53. The minimum atomic E-state index is -3.40. The van der Waals surface area contributed by atoms with Crippen molar-refractivity contribution in [1.29, 1.82) is 0 Å². The van der Waals surface area contributed by atoms with Crippen LogP contribution < -0.4 is 10.6 Å². The minimum absolute atomic E-state index is 0.0856. The number of thioether (sulfide) groups is 1. The number of carboxylic acids is 1. The summed E-state index contributed by atoms with van der Waals surface area (Å²) < 4.78 is 23.2. The van der Waals surface area contributed by atoms with Gasteiger partial charge in [-0.15, -0.1) is 11.8 Å². The molecule has 0 spiro atoms. The summed E-state index contributed by atoms with van der Waals surface area (Å²) in [6, 6.07) is 22.3. The molecule has 44 heavy (non-hydrogen) atoms. The highest BCUT2D eigenvalue weighted by atomic mass is 32.2. The molecule has 2 amide bonds. The first kappa shape index (κ1) is 35.1. The van der Waals surface area contributed by atoms with Crippen molar-refractivity contribution in [3.8, 4) is 0 Å². The van der Waals surface area contributed by atoms with Crippen molar-refractivity contribution in [3.63, 3.8) is 0 Å². The fraction of sp³-hybridized carbons (Fsp3) is 0.424. The molecule has 3 aromatic carbocycles. The molecule has 0 heterocycles. The molecule has 0 radical (unpaired) electrons. The fourth-order valence-corrected chi connectivity index (χ4v) is 6.37. The molecule has 0 aliphatic carbocycles. The Hall–Kier alpha value is -3.41. The first-order chi connectivity index (χ1) is 20.9. The largest absolute Gasteiger partial charge is 0.480 e. The van der Waals surface area contributed by atoms with Gasteiger partial charge >= 0.3 is 5.97 Å². The Labute approximate surface area is 264 Å². The topological polar surface area (TPSA) is 133 Å². The highest BCUT2D eigenvalue weighted by Gasteiger charge is 2.26. The monoisotopic (exact) mass is 641 g/mol. The van der Waals surface area contributed by atoms with E-state index in [-0.39, 0.29) is 36.6 Å². The van der Waals surface area contributed by atoms with Crippen LogP contribution in [0.1, 0.15) is 37.8 Å². The minimum Gasteiger partial charge on any atom is -0.480 e. The lowest BCUT2D eigenvalue weighted by Gasteiger charge is -2.31. The predicted molar refractivity (Wildman–Crippen MR) is 177 cm³/mol. The zero-order valence-electron chi connectivity index (χ0n) is 25.6. The highest BCUT2D eigenvalue weighted by molar-refractivity contribution is 7.99. The SMILES string of the molecule is CCC(C)[C@@H](CN(CC(=O)N[C@@H](CCS(C)(=O)=O)C(=O)O)Cc1cccc2ccccc12)NC(=O)CSCc1ccccc1. The number of hydrogen-bond donors (Lipinski definition) is 3. The van der Waals surface area contributed by atoms with Gasteiger partial charge in [0.1, 0.15) is 15.9 Å². The summed E-state index contributed by atoms with van der Waals surface area (Å²) >= 11 is 1.54. The zero-order chi connectivity index (χ0) is 32.1. The second-order valence-corrected chi connectivity index (χ2v) is 14.5. The quantitative estimate of drug-likeness (QED) is 0.189. The number of nitrogens with zero attached hydrogens (tertiary/aromatic N) is 1. The molecule has 238 valence electrons. The van der Waals surface area contributed by atoms with Crippen LogP contribution in [0.3, 0.4) is 0 Å². The van der Waals surface area contributed by atoms with E-state index in [1.54, 1.807) is 0 Å². The van der Waals surface area contributed by atoms with E-state index in [9.17, 15) is 27.9 Å². The van der Waals surface area contributed by atoms with Gasteiger partial charge in [0.05, 0.1) is 18.1 Å². The van der Waals surface area contributed by atoms with Crippen molar-refractivity contribution in [1.82, 2.24) is 15.5 Å². The number of amides is 2. The molecule has 0 saturated carbocycles. The molecular formula is C33H43N3O6S2. The van der Waals surface area contributed by atoms with Crippen molar-refractivity contribution in [2.45, 2.75) is 51.1 Å². The van der Waals surface area contributed by atoms with Gasteiger partial charge in [-0.05, 0) is 34.2 Å². The predicted octanol–water partition coefficient (Wildman–Crippen LogP) is 4.11. The van der Waals surface area contributed by atoms with Crippen LogP contribution in [-0.4, -0.2) is 79.1 Å². The van der Waals surface area contributed by atoms with Crippen LogP contribution in [0.15, 0.2) is 72.8 Å². The summed E-state index contributed by atoms with van der Waals surface area (Å²) in [4.78, 5) is 40.0. The third-order valence-corrected chi connectivity index (χ3v) is 9.51. The van der Waals surface area contributed by atoms with E-state index in [1.807, 2.05) is 77.7 Å². The summed E-state index contributed by atoms with van der Waals surface area (Å²) in [7, 11) is -3.40. The van der Waals surface area contributed by atoms with Gasteiger partial charge in [-0.2, -0.15) is 0 Å². The average molecular weight is 642 g/mol. The number of carbonyl (C=O) groups is 3. The van der Waals surface area contributed by atoms with E-state index in [4.69, 9.17) is 0 Å². The summed E-state index contributed by atoms with van der Waals surface area (Å²) in [5, 5.41) is 17.4. The molecule has 9 nitrogen and oxygen atoms in total. The number of benzene rings is 3. The maximum atomic E-state index is 13.2. The molecule has 3 atom stereocenters. The highest BCUT2D eigenvalue weighted by Crippen LogP contribution is 2.21. The Kier molecular flexibility index (Phi) is 13.7. The molecule has 0 aliphatic heterocycles. The van der Waals surface area contributed by atoms with E-state index in [2.05, 4.69) is 24.5 Å². The summed E-state index contributed by atoms with van der Waals surface area (Å²) in [5.41, 5.74) is 2.14. The van der Waals surface area contributed by atoms with Gasteiger partial charge in [0.25, 0.3) is 0 Å². The second-order valence-electron chi connectivity index (χ2n) is 11.2. The molecule has 0 aromatic heterocycles. The Balaban J connectivity index is 1.77. The number of aliphatic carboxylic acids is 1. The van der Waals surface area contributed by atoms with Gasteiger partial charge in [0, 0.05) is 31.1 Å². The molecule has 0 aliphatic rings. The Morgan fingerprint density at radius 2 is 1.61 bits per heavy atom. The molecule has 3 rings (SSSR count). The van der Waals surface area contributed by atoms with Gasteiger partial charge in [-0.3, -0.25) is 14.5 Å². The van der Waals surface area contributed by atoms with E-state index >= 15 is 0 Å². The van der Waals surface area contributed by atoms with E-state index in [0.717, 1.165) is 40.3 Å². The van der Waals surface area contributed by atoms with Crippen molar-refractivity contribution in [2.75, 3.05) is 30.9 Å². The number of carboxylic acid groups (broad SMARTS) is 1. The maximum absolute atomic E-state index is 13.2. The zero-order valence-corrected chi connectivity index (χ0v) is 27.2. The Bertz CT molecular complexity index is 1490. The summed E-state index contributed by atoms with van der Waals surface area (Å²) in [6.07, 6.45) is 1.61. The maximum Gasteiger partial charge on any atom is 0.326 e. The molecular weight excluding hydrogens is 599 g/mol. The molecule has 0 bridgehead atoms. The van der Waals surface area contributed by atoms with Gasteiger partial charge in [0.15, 0.2) is 0 Å². The molecule has 1 unspecified atom stereocenters. The van der Waals surface area contributed by atoms with Crippen LogP contribution in [0.25, 0.3) is 10.8 Å². The van der Waals surface area contributed by atoms with Gasteiger partial charge < -0.3 is 15.7 Å². The van der Waals surface area contributed by atoms with Gasteiger partial charge in [-0.25, -0.2) is 13.2 Å². The van der Waals surface area contributed by atoms with Crippen molar-refractivity contribution in [3.05, 3.63) is 83.9 Å². The van der Waals surface area contributed by atoms with Crippen LogP contribution >= 0.6 is 11.8 Å². The first-order valence-corrected chi connectivity index (χ1v) is 18.0. The number of fused-ring (bicyclic) bond motifs is 1. The van der Waals surface area contributed by atoms with E-state index in [1.165, 1.54) is 11.8 Å². The number of hydrogen-bond acceptors (Lipinski definition) is 7. The standard InChI is InChI=1S/C33H43N3O6S2/c1-4-24(2)30(35-32(38)23-43-22-25-11-6-5-7-12-25)20-36(19-27-15-10-14-26-13-8-9-16-28(26)27)21-31(37)34-29(33(39)40)17-18-44(3,41)42/h5-16,24,29-30H,4,17-23H2,1-3H3,(H,34,37)(H,35,38)(H,39,40)/t24?,29-,30+/m0/s1. The molecule has 11 heteroatoms. The van der Waals surface area contributed by atoms with Crippen molar-refractivity contribution in [2.24, 2.45) is 5.92 Å². The van der Waals surface area contributed by atoms with E-state index in [0.29, 0.717) is 18.8 Å². The number of nitrogens with one attached hydrogen (secondary N) is 2. The fourth-order valence-electron chi connectivity index (χ4n) is 4.90. The number of sulfone groups is 1. The van der Waals surface area contributed by atoms with E-state index < -0.39 is 27.8 Å². The summed E-state index contributed by atoms with van der Waals surface area (Å²) in [6.45, 7) is 4.74.